The van der Waals surface area contributed by atoms with Gasteiger partial charge < -0.3 is 9.67 Å². The number of carbonyl (C=O) groups is 1. The van der Waals surface area contributed by atoms with Crippen molar-refractivity contribution in [2.75, 3.05) is 0 Å². The molecular formula is C17H16N6O2S. The highest BCUT2D eigenvalue weighted by molar-refractivity contribution is 7.09. The fraction of sp³-hybridized carbons (Fsp3) is 0.235. The number of nitrogens with one attached hydrogen (secondary N) is 1. The molecule has 4 rings (SSSR count). The van der Waals surface area contributed by atoms with Gasteiger partial charge in [0.2, 0.25) is 0 Å². The van der Waals surface area contributed by atoms with E-state index in [0.717, 1.165) is 34.3 Å². The number of aromatic nitrogens is 6. The summed E-state index contributed by atoms with van der Waals surface area (Å²) < 4.78 is 2.12. The number of benzene rings is 1. The normalized spacial score (nSPS) is 11.2. The van der Waals surface area contributed by atoms with Crippen LogP contribution in [0, 0.1) is 0 Å². The summed E-state index contributed by atoms with van der Waals surface area (Å²) in [6, 6.07) is 5.25. The molecule has 9 heteroatoms. The van der Waals surface area contributed by atoms with E-state index >= 15 is 0 Å². The van der Waals surface area contributed by atoms with Crippen LogP contribution in [0.1, 0.15) is 26.8 Å². The van der Waals surface area contributed by atoms with E-state index in [9.17, 15) is 9.90 Å². The van der Waals surface area contributed by atoms with Crippen molar-refractivity contribution < 1.29 is 9.90 Å². The van der Waals surface area contributed by atoms with Crippen LogP contribution >= 0.6 is 11.3 Å². The van der Waals surface area contributed by atoms with Gasteiger partial charge in [-0.2, -0.15) is 5.21 Å². The largest absolute Gasteiger partial charge is 0.478 e. The predicted octanol–water partition coefficient (Wildman–Crippen LogP) is 2.34. The lowest BCUT2D eigenvalue weighted by Gasteiger charge is -2.03. The van der Waals surface area contributed by atoms with Gasteiger partial charge >= 0.3 is 5.97 Å². The molecule has 0 aliphatic heterocycles. The monoisotopic (exact) mass is 368 g/mol. The maximum Gasteiger partial charge on any atom is 0.335 e. The van der Waals surface area contributed by atoms with E-state index in [1.54, 1.807) is 29.7 Å². The average molecular weight is 368 g/mol. The minimum Gasteiger partial charge on any atom is -0.478 e. The Hall–Kier alpha value is -3.07. The molecule has 2 N–H and O–H groups in total. The summed E-state index contributed by atoms with van der Waals surface area (Å²) in [7, 11) is 0. The number of hydrogen-bond donors (Lipinski definition) is 2. The molecule has 0 aliphatic carbocycles. The summed E-state index contributed by atoms with van der Waals surface area (Å²) in [5.41, 5.74) is 2.42. The first-order chi connectivity index (χ1) is 12.7. The molecule has 8 nitrogen and oxygen atoms in total. The SMILES string of the molecule is O=C(O)c1ccc2c(c1)c(CCc1nccs1)cn2CCc1nn[nH]n1. The quantitative estimate of drug-likeness (QED) is 0.518. The van der Waals surface area contributed by atoms with Crippen molar-refractivity contribution in [3.63, 3.8) is 0 Å². The van der Waals surface area contributed by atoms with Gasteiger partial charge in [-0.05, 0) is 30.2 Å². The molecule has 26 heavy (non-hydrogen) atoms. The number of H-pyrrole nitrogens is 1. The molecule has 0 fully saturated rings. The Labute approximate surface area is 152 Å². The third-order valence-corrected chi connectivity index (χ3v) is 5.11. The second-order valence-electron chi connectivity index (χ2n) is 5.89. The Morgan fingerprint density at radius 3 is 2.92 bits per heavy atom. The number of aromatic carboxylic acids is 1. The van der Waals surface area contributed by atoms with Crippen LogP contribution in [-0.2, 0) is 25.8 Å². The number of fused-ring (bicyclic) bond motifs is 1. The van der Waals surface area contributed by atoms with E-state index in [4.69, 9.17) is 0 Å². The standard InChI is InChI=1S/C17H16N6O2S/c24-17(25)11-1-3-14-13(9-11)12(2-4-16-18-6-8-26-16)10-23(14)7-5-15-19-21-22-20-15/h1,3,6,8-10H,2,4-5,7H2,(H,24,25)(H,19,20,21,22). The number of aryl methyl sites for hydroxylation is 4. The lowest BCUT2D eigenvalue weighted by molar-refractivity contribution is 0.0697. The Morgan fingerprint density at radius 1 is 1.27 bits per heavy atom. The zero-order chi connectivity index (χ0) is 17.9. The van der Waals surface area contributed by atoms with Crippen molar-refractivity contribution in [2.24, 2.45) is 0 Å². The molecular weight excluding hydrogens is 352 g/mol. The predicted molar refractivity (Wildman–Crippen MR) is 96.3 cm³/mol. The van der Waals surface area contributed by atoms with E-state index in [1.165, 1.54) is 0 Å². The molecule has 0 aliphatic rings. The van der Waals surface area contributed by atoms with Crippen molar-refractivity contribution in [1.29, 1.82) is 0 Å². The molecule has 0 atom stereocenters. The van der Waals surface area contributed by atoms with Crippen molar-refractivity contribution in [3.8, 4) is 0 Å². The third kappa shape index (κ3) is 3.33. The number of aromatic amines is 1. The van der Waals surface area contributed by atoms with Crippen molar-refractivity contribution in [3.05, 3.63) is 57.9 Å². The molecule has 0 saturated carbocycles. The topological polar surface area (TPSA) is 110 Å². The minimum atomic E-state index is -0.919. The average Bonchev–Trinajstić information content (AvgIpc) is 3.39. The smallest absolute Gasteiger partial charge is 0.335 e. The second-order valence-corrected chi connectivity index (χ2v) is 6.87. The lowest BCUT2D eigenvalue weighted by atomic mass is 10.1. The lowest BCUT2D eigenvalue weighted by Crippen LogP contribution is -2.02. The number of carboxylic acid groups (broad SMARTS) is 1. The zero-order valence-electron chi connectivity index (χ0n) is 13.8. The summed E-state index contributed by atoms with van der Waals surface area (Å²) >= 11 is 1.63. The second kappa shape index (κ2) is 7.04. The highest BCUT2D eigenvalue weighted by Gasteiger charge is 2.13. The zero-order valence-corrected chi connectivity index (χ0v) is 14.6. The molecule has 0 amide bonds. The van der Waals surface area contributed by atoms with Crippen LogP contribution in [0.5, 0.6) is 0 Å². The first-order valence-corrected chi connectivity index (χ1v) is 9.04. The summed E-state index contributed by atoms with van der Waals surface area (Å²) in [6.45, 7) is 0.694. The molecule has 3 aromatic heterocycles. The van der Waals surface area contributed by atoms with Gasteiger partial charge in [0.15, 0.2) is 5.82 Å². The summed E-state index contributed by atoms with van der Waals surface area (Å²) in [5, 5.41) is 27.3. The number of thiazole rings is 1. The molecule has 1 aromatic carbocycles. The number of carboxylic acids is 1. The maximum atomic E-state index is 11.3. The van der Waals surface area contributed by atoms with Gasteiger partial charge in [-0.1, -0.05) is 5.21 Å². The van der Waals surface area contributed by atoms with Crippen molar-refractivity contribution in [2.45, 2.75) is 25.8 Å². The van der Waals surface area contributed by atoms with E-state index in [1.807, 2.05) is 11.4 Å². The van der Waals surface area contributed by atoms with E-state index in [2.05, 4.69) is 36.4 Å². The van der Waals surface area contributed by atoms with Gasteiger partial charge in [-0.3, -0.25) is 0 Å². The minimum absolute atomic E-state index is 0.295. The van der Waals surface area contributed by atoms with Crippen LogP contribution in [0.15, 0.2) is 36.0 Å². The van der Waals surface area contributed by atoms with Crippen molar-refractivity contribution >= 4 is 28.2 Å². The Balaban J connectivity index is 1.65. The van der Waals surface area contributed by atoms with Crippen LogP contribution in [0.4, 0.5) is 0 Å². The van der Waals surface area contributed by atoms with Gasteiger partial charge in [0.05, 0.1) is 10.6 Å². The molecule has 0 bridgehead atoms. The molecule has 0 saturated heterocycles. The number of rotatable bonds is 7. The highest BCUT2D eigenvalue weighted by Crippen LogP contribution is 2.25. The van der Waals surface area contributed by atoms with Gasteiger partial charge in [-0.25, -0.2) is 9.78 Å². The van der Waals surface area contributed by atoms with Gasteiger partial charge in [-0.15, -0.1) is 21.5 Å². The Morgan fingerprint density at radius 2 is 2.19 bits per heavy atom. The van der Waals surface area contributed by atoms with E-state index < -0.39 is 5.97 Å². The molecule has 132 valence electrons. The summed E-state index contributed by atoms with van der Waals surface area (Å²) in [4.78, 5) is 15.7. The van der Waals surface area contributed by atoms with Crippen LogP contribution in [0.3, 0.4) is 0 Å². The number of tetrazole rings is 1. The maximum absolute atomic E-state index is 11.3. The highest BCUT2D eigenvalue weighted by atomic mass is 32.1. The van der Waals surface area contributed by atoms with Crippen LogP contribution in [0.2, 0.25) is 0 Å². The number of hydrogen-bond acceptors (Lipinski definition) is 6. The molecule has 3 heterocycles. The molecule has 4 aromatic rings. The van der Waals surface area contributed by atoms with Gasteiger partial charge in [0.1, 0.15) is 0 Å². The molecule has 0 spiro atoms. The molecule has 0 unspecified atom stereocenters. The van der Waals surface area contributed by atoms with E-state index in [-0.39, 0.29) is 0 Å². The van der Waals surface area contributed by atoms with Gasteiger partial charge in [0, 0.05) is 48.1 Å². The first-order valence-electron chi connectivity index (χ1n) is 8.16. The van der Waals surface area contributed by atoms with Crippen LogP contribution in [-0.4, -0.2) is 41.3 Å². The molecule has 0 radical (unpaired) electrons. The summed E-state index contributed by atoms with van der Waals surface area (Å²) in [5.74, 6) is -0.268. The van der Waals surface area contributed by atoms with Gasteiger partial charge in [0.25, 0.3) is 0 Å². The van der Waals surface area contributed by atoms with Crippen LogP contribution in [0.25, 0.3) is 10.9 Å². The Bertz CT molecular complexity index is 1020. The fourth-order valence-corrected chi connectivity index (χ4v) is 3.64. The number of nitrogens with zero attached hydrogens (tertiary/aromatic N) is 5. The third-order valence-electron chi connectivity index (χ3n) is 4.27. The van der Waals surface area contributed by atoms with E-state index in [0.29, 0.717) is 24.4 Å². The first kappa shape index (κ1) is 16.4. The fourth-order valence-electron chi connectivity index (χ4n) is 3.02. The van der Waals surface area contributed by atoms with Crippen molar-refractivity contribution in [1.82, 2.24) is 30.2 Å². The summed E-state index contributed by atoms with van der Waals surface area (Å²) in [6.07, 6.45) is 6.18. The van der Waals surface area contributed by atoms with Crippen LogP contribution < -0.4 is 0 Å². The Kier molecular flexibility index (Phi) is 4.44.